The fraction of sp³-hybridized carbons (Fsp3) is 0.0667. The molecule has 7 nitrogen and oxygen atoms in total. The van der Waals surface area contributed by atoms with Crippen molar-refractivity contribution in [3.05, 3.63) is 68.7 Å². The lowest BCUT2D eigenvalue weighted by Gasteiger charge is -2.01. The number of benzene rings is 2. The zero-order chi connectivity index (χ0) is 16.8. The number of hydrazone groups is 1. The van der Waals surface area contributed by atoms with Crippen molar-refractivity contribution in [3.8, 4) is 5.75 Å². The number of amides is 1. The Morgan fingerprint density at radius 2 is 2.00 bits per heavy atom. The van der Waals surface area contributed by atoms with Gasteiger partial charge in [0.1, 0.15) is 5.75 Å². The summed E-state index contributed by atoms with van der Waals surface area (Å²) in [6.45, 7) is 0. The number of phenolic OH excluding ortho intramolecular Hbond substituents is 1. The molecule has 0 aliphatic rings. The number of non-ortho nitro benzene ring substituents is 1. The van der Waals surface area contributed by atoms with Crippen LogP contribution in [0.15, 0.2) is 47.6 Å². The summed E-state index contributed by atoms with van der Waals surface area (Å²) in [5.41, 5.74) is 3.00. The van der Waals surface area contributed by atoms with Crippen LogP contribution in [0, 0.1) is 10.1 Å². The van der Waals surface area contributed by atoms with Crippen LogP contribution >= 0.6 is 11.6 Å². The average molecular weight is 334 g/mol. The maximum Gasteiger partial charge on any atom is 0.270 e. The Labute approximate surface area is 136 Å². The van der Waals surface area contributed by atoms with Gasteiger partial charge in [0.2, 0.25) is 5.91 Å². The summed E-state index contributed by atoms with van der Waals surface area (Å²) in [7, 11) is 0. The van der Waals surface area contributed by atoms with Crippen molar-refractivity contribution in [2.24, 2.45) is 5.10 Å². The first-order valence-corrected chi connectivity index (χ1v) is 6.87. The predicted octanol–water partition coefficient (Wildman–Crippen LogP) is 2.65. The molecule has 0 spiro atoms. The van der Waals surface area contributed by atoms with E-state index in [-0.39, 0.29) is 29.3 Å². The monoisotopic (exact) mass is 333 g/mol. The summed E-state index contributed by atoms with van der Waals surface area (Å²) in [6.07, 6.45) is 1.25. The number of nitrogens with one attached hydrogen (secondary N) is 1. The van der Waals surface area contributed by atoms with Crippen molar-refractivity contribution >= 4 is 29.4 Å². The van der Waals surface area contributed by atoms with E-state index in [1.54, 1.807) is 24.3 Å². The van der Waals surface area contributed by atoms with Crippen molar-refractivity contribution in [2.45, 2.75) is 6.42 Å². The molecule has 2 aromatic carbocycles. The van der Waals surface area contributed by atoms with Crippen molar-refractivity contribution in [3.63, 3.8) is 0 Å². The molecule has 2 aromatic rings. The Kier molecular flexibility index (Phi) is 5.27. The molecule has 23 heavy (non-hydrogen) atoms. The highest BCUT2D eigenvalue weighted by molar-refractivity contribution is 6.30. The van der Waals surface area contributed by atoms with Gasteiger partial charge in [-0.3, -0.25) is 14.9 Å². The number of carbonyl (C=O) groups is 1. The fourth-order valence-electron chi connectivity index (χ4n) is 1.76. The standard InChI is InChI=1S/C15H12ClN3O4/c16-12-3-1-10(2-4-12)7-15(21)18-17-9-11-8-13(19(22)23)5-6-14(11)20/h1-6,8-9,20H,7H2,(H,18,21)/b17-9-. The van der Waals surface area contributed by atoms with Gasteiger partial charge in [0.05, 0.1) is 17.6 Å². The van der Waals surface area contributed by atoms with Crippen LogP contribution in [0.4, 0.5) is 5.69 Å². The molecule has 8 heteroatoms. The van der Waals surface area contributed by atoms with Gasteiger partial charge < -0.3 is 5.11 Å². The molecule has 0 saturated carbocycles. The molecular formula is C15H12ClN3O4. The van der Waals surface area contributed by atoms with Gasteiger partial charge in [-0.1, -0.05) is 23.7 Å². The molecule has 2 rings (SSSR count). The van der Waals surface area contributed by atoms with E-state index < -0.39 is 4.92 Å². The third-order valence-corrected chi connectivity index (χ3v) is 3.14. The van der Waals surface area contributed by atoms with Gasteiger partial charge in [-0.15, -0.1) is 0 Å². The van der Waals surface area contributed by atoms with Crippen LogP contribution in [0.1, 0.15) is 11.1 Å². The van der Waals surface area contributed by atoms with Crippen LogP contribution < -0.4 is 5.43 Å². The van der Waals surface area contributed by atoms with E-state index in [0.29, 0.717) is 5.02 Å². The van der Waals surface area contributed by atoms with E-state index in [9.17, 15) is 20.0 Å². The Hall–Kier alpha value is -2.93. The number of halogens is 1. The van der Waals surface area contributed by atoms with E-state index >= 15 is 0 Å². The molecule has 118 valence electrons. The highest BCUT2D eigenvalue weighted by Gasteiger charge is 2.09. The Morgan fingerprint density at radius 3 is 2.65 bits per heavy atom. The van der Waals surface area contributed by atoms with Gasteiger partial charge in [-0.2, -0.15) is 5.10 Å². The zero-order valence-electron chi connectivity index (χ0n) is 11.8. The van der Waals surface area contributed by atoms with Crippen molar-refractivity contribution in [1.82, 2.24) is 5.43 Å². The molecule has 0 unspecified atom stereocenters. The summed E-state index contributed by atoms with van der Waals surface area (Å²) in [4.78, 5) is 21.8. The first-order chi connectivity index (χ1) is 11.0. The number of nitro groups is 1. The molecular weight excluding hydrogens is 322 g/mol. The Balaban J connectivity index is 1.98. The highest BCUT2D eigenvalue weighted by Crippen LogP contribution is 2.21. The minimum Gasteiger partial charge on any atom is -0.507 e. The molecule has 0 saturated heterocycles. The fourth-order valence-corrected chi connectivity index (χ4v) is 1.89. The van der Waals surface area contributed by atoms with Crippen molar-refractivity contribution < 1.29 is 14.8 Å². The maximum absolute atomic E-state index is 11.7. The molecule has 0 heterocycles. The lowest BCUT2D eigenvalue weighted by atomic mass is 10.1. The molecule has 1 amide bonds. The van der Waals surface area contributed by atoms with Gasteiger partial charge in [0.15, 0.2) is 0 Å². The van der Waals surface area contributed by atoms with Crippen LogP contribution in [-0.4, -0.2) is 22.2 Å². The Bertz CT molecular complexity index is 760. The first kappa shape index (κ1) is 16.4. The summed E-state index contributed by atoms with van der Waals surface area (Å²) < 4.78 is 0. The normalized spacial score (nSPS) is 10.7. The highest BCUT2D eigenvalue weighted by atomic mass is 35.5. The number of aromatic hydroxyl groups is 1. The number of phenols is 1. The minimum absolute atomic E-state index is 0.107. The van der Waals surface area contributed by atoms with Crippen molar-refractivity contribution in [2.75, 3.05) is 0 Å². The molecule has 0 aliphatic carbocycles. The minimum atomic E-state index is -0.587. The van der Waals surface area contributed by atoms with Crippen LogP contribution in [0.3, 0.4) is 0 Å². The van der Waals surface area contributed by atoms with Gasteiger partial charge in [0.25, 0.3) is 5.69 Å². The Morgan fingerprint density at radius 1 is 1.30 bits per heavy atom. The molecule has 0 radical (unpaired) electrons. The van der Waals surface area contributed by atoms with E-state index in [1.807, 2.05) is 0 Å². The van der Waals surface area contributed by atoms with Crippen LogP contribution in [-0.2, 0) is 11.2 Å². The smallest absolute Gasteiger partial charge is 0.270 e. The van der Waals surface area contributed by atoms with Gasteiger partial charge in [-0.25, -0.2) is 5.43 Å². The second-order valence-electron chi connectivity index (χ2n) is 4.60. The second kappa shape index (κ2) is 7.37. The number of hydrogen-bond donors (Lipinski definition) is 2. The summed E-state index contributed by atoms with van der Waals surface area (Å²) in [6, 6.07) is 10.3. The average Bonchev–Trinajstić information content (AvgIpc) is 2.51. The molecule has 0 aromatic heterocycles. The lowest BCUT2D eigenvalue weighted by Crippen LogP contribution is -2.19. The lowest BCUT2D eigenvalue weighted by molar-refractivity contribution is -0.384. The molecule has 2 N–H and O–H groups in total. The van der Waals surface area contributed by atoms with Gasteiger partial charge >= 0.3 is 0 Å². The third-order valence-electron chi connectivity index (χ3n) is 2.89. The largest absolute Gasteiger partial charge is 0.507 e. The molecule has 0 fully saturated rings. The quantitative estimate of drug-likeness (QED) is 0.498. The van der Waals surface area contributed by atoms with Gasteiger partial charge in [0, 0.05) is 22.7 Å². The summed E-state index contributed by atoms with van der Waals surface area (Å²) >= 11 is 5.75. The molecule has 0 atom stereocenters. The summed E-state index contributed by atoms with van der Waals surface area (Å²) in [5, 5.41) is 24.5. The number of nitrogens with zero attached hydrogens (tertiary/aromatic N) is 2. The predicted molar refractivity (Wildman–Crippen MR) is 85.7 cm³/mol. The van der Waals surface area contributed by atoms with Crippen LogP contribution in [0.2, 0.25) is 5.02 Å². The van der Waals surface area contributed by atoms with E-state index in [0.717, 1.165) is 17.8 Å². The first-order valence-electron chi connectivity index (χ1n) is 6.49. The number of rotatable bonds is 5. The maximum atomic E-state index is 11.7. The number of nitro benzene ring substituents is 1. The van der Waals surface area contributed by atoms with Gasteiger partial charge in [-0.05, 0) is 23.8 Å². The number of carbonyl (C=O) groups excluding carboxylic acids is 1. The SMILES string of the molecule is O=C(Cc1ccc(Cl)cc1)N/N=C\c1cc([N+](=O)[O-])ccc1O. The van der Waals surface area contributed by atoms with Crippen molar-refractivity contribution in [1.29, 1.82) is 0 Å². The topological polar surface area (TPSA) is 105 Å². The zero-order valence-corrected chi connectivity index (χ0v) is 12.5. The third kappa shape index (κ3) is 4.79. The van der Waals surface area contributed by atoms with Crippen LogP contribution in [0.5, 0.6) is 5.75 Å². The molecule has 0 bridgehead atoms. The second-order valence-corrected chi connectivity index (χ2v) is 5.03. The van der Waals surface area contributed by atoms with E-state index in [2.05, 4.69) is 10.5 Å². The van der Waals surface area contributed by atoms with Crippen LogP contribution in [0.25, 0.3) is 0 Å². The van der Waals surface area contributed by atoms with E-state index in [1.165, 1.54) is 12.1 Å². The molecule has 0 aliphatic heterocycles. The summed E-state index contributed by atoms with van der Waals surface area (Å²) in [5.74, 6) is -0.542. The number of hydrogen-bond acceptors (Lipinski definition) is 5. The van der Waals surface area contributed by atoms with E-state index in [4.69, 9.17) is 11.6 Å².